The van der Waals surface area contributed by atoms with E-state index in [4.69, 9.17) is 47.4 Å². The Balaban J connectivity index is 1.07. The summed E-state index contributed by atoms with van der Waals surface area (Å²) in [7, 11) is 0. The smallest absolute Gasteiger partial charge is 0.339 e. The van der Waals surface area contributed by atoms with E-state index in [9.17, 15) is 26.7 Å². The maximum atomic E-state index is 14.8. The summed E-state index contributed by atoms with van der Waals surface area (Å²) in [5.74, 6) is -14.9. The highest BCUT2D eigenvalue weighted by atomic mass is 32.2. The quantitative estimate of drug-likeness (QED) is 0.00409. The lowest BCUT2D eigenvalue weighted by Crippen LogP contribution is -2.63. The van der Waals surface area contributed by atoms with Crippen LogP contribution in [-0.2, 0) is 80.5 Å². The Bertz CT molecular complexity index is 3250. The summed E-state index contributed by atoms with van der Waals surface area (Å²) in [6, 6.07) is 58.2. The van der Waals surface area contributed by atoms with Gasteiger partial charge in [-0.25, -0.2) is 18.0 Å². The summed E-state index contributed by atoms with van der Waals surface area (Å²) in [5, 5.41) is 0. The van der Waals surface area contributed by atoms with E-state index in [1.807, 2.05) is 201 Å². The van der Waals surface area contributed by atoms with Crippen molar-refractivity contribution in [3.63, 3.8) is 0 Å². The molecule has 2 heterocycles. The molecule has 0 aromatic heterocycles. The van der Waals surface area contributed by atoms with Crippen LogP contribution in [0.4, 0.5) is 22.0 Å². The summed E-state index contributed by atoms with van der Waals surface area (Å²) in [6.45, 7) is 7.33. The van der Waals surface area contributed by atoms with Crippen molar-refractivity contribution in [2.45, 2.75) is 124 Å². The summed E-state index contributed by atoms with van der Waals surface area (Å²) in [5.41, 5.74) is 2.38. The van der Waals surface area contributed by atoms with Crippen molar-refractivity contribution < 1.29 is 74.1 Å². The van der Waals surface area contributed by atoms with Gasteiger partial charge in [-0.1, -0.05) is 200 Å². The molecule has 7 aromatic carbocycles. The van der Waals surface area contributed by atoms with Crippen molar-refractivity contribution in [3.8, 4) is 5.75 Å². The predicted molar refractivity (Wildman–Crippen MR) is 319 cm³/mol. The van der Waals surface area contributed by atoms with Crippen molar-refractivity contribution in [3.05, 3.63) is 276 Å². The van der Waals surface area contributed by atoms with Crippen LogP contribution < -0.4 is 4.74 Å². The minimum atomic E-state index is -2.41. The third kappa shape index (κ3) is 18.4. The van der Waals surface area contributed by atoms with Crippen molar-refractivity contribution in [1.29, 1.82) is 0 Å². The monoisotopic (exact) mass is 1210 g/mol. The fourth-order valence-electron chi connectivity index (χ4n) is 10.1. The second-order valence-corrected chi connectivity index (χ2v) is 22.3. The van der Waals surface area contributed by atoms with Crippen LogP contribution in [-0.4, -0.2) is 79.1 Å². The molecule has 0 radical (unpaired) electrons. The Morgan fingerprint density at radius 3 is 1.61 bits per heavy atom. The topological polar surface area (TPSA) is 109 Å². The molecule has 0 aliphatic carbocycles. The molecule has 0 saturated carbocycles. The number of thioether (sulfide) groups is 1. The van der Waals surface area contributed by atoms with E-state index in [-0.39, 0.29) is 45.9 Å². The Morgan fingerprint density at radius 1 is 0.598 bits per heavy atom. The summed E-state index contributed by atoms with van der Waals surface area (Å²) < 4.78 is 138. The first kappa shape index (κ1) is 64.2. The van der Waals surface area contributed by atoms with Gasteiger partial charge in [0.1, 0.15) is 41.6 Å². The second kappa shape index (κ2) is 32.6. The number of rotatable bonds is 30. The SMILES string of the molecule is C=CC[C@H]1O[C@@H](COCc2ccccc2)[C@H](OCc2ccccc2)C=C[C@@H]1OC(C[C@@H](OCc1ccccc1)[C@]1(C)O[C@H](COCc2ccccc2)[C@@H](OCc2ccccc2)C[C@H]1O/C=C\C(=O)Oc1c(F)c(F)c(F)c(F)c1F)Sc1ccccc1. The van der Waals surface area contributed by atoms with Gasteiger partial charge in [-0.2, -0.15) is 8.78 Å². The molecule has 456 valence electrons. The van der Waals surface area contributed by atoms with E-state index in [1.165, 1.54) is 11.8 Å². The molecular formula is C70H69F5O11S. The number of hydrogen-bond acceptors (Lipinski definition) is 12. The zero-order chi connectivity index (χ0) is 60.8. The predicted octanol–water partition coefficient (Wildman–Crippen LogP) is 14.7. The van der Waals surface area contributed by atoms with Crippen LogP contribution in [0.5, 0.6) is 5.75 Å². The van der Waals surface area contributed by atoms with Gasteiger partial charge in [0.2, 0.25) is 34.8 Å². The number of carbonyl (C=O) groups excluding carboxylic acids is 1. The van der Waals surface area contributed by atoms with Crippen LogP contribution in [0.25, 0.3) is 0 Å². The third-order valence-corrected chi connectivity index (χ3v) is 15.8. The molecule has 1 unspecified atom stereocenters. The first-order valence-corrected chi connectivity index (χ1v) is 29.6. The third-order valence-electron chi connectivity index (χ3n) is 14.7. The minimum Gasteiger partial charge on any atom is -0.495 e. The first-order chi connectivity index (χ1) is 42.4. The number of esters is 1. The Labute approximate surface area is 508 Å². The van der Waals surface area contributed by atoms with E-state index in [0.29, 0.717) is 25.7 Å². The van der Waals surface area contributed by atoms with Crippen molar-refractivity contribution in [1.82, 2.24) is 0 Å². The molecule has 2 aliphatic heterocycles. The van der Waals surface area contributed by atoms with Crippen LogP contribution >= 0.6 is 11.8 Å². The largest absolute Gasteiger partial charge is 0.495 e. The number of ether oxygens (including phenoxy) is 10. The van der Waals surface area contributed by atoms with Crippen LogP contribution in [0.15, 0.2) is 224 Å². The molecule has 87 heavy (non-hydrogen) atoms. The molecule has 1 saturated heterocycles. The van der Waals surface area contributed by atoms with Gasteiger partial charge in [-0.05, 0) is 53.3 Å². The Hall–Kier alpha value is -7.29. The van der Waals surface area contributed by atoms with E-state index in [0.717, 1.165) is 39.0 Å². The van der Waals surface area contributed by atoms with Gasteiger partial charge in [0.15, 0.2) is 0 Å². The van der Waals surface area contributed by atoms with Gasteiger partial charge >= 0.3 is 5.97 Å². The van der Waals surface area contributed by atoms with Crippen molar-refractivity contribution >= 4 is 17.7 Å². The number of hydrogen-bond donors (Lipinski definition) is 0. The fourth-order valence-corrected chi connectivity index (χ4v) is 11.2. The normalized spacial score (nSPS) is 21.9. The molecule has 0 spiro atoms. The second-order valence-electron chi connectivity index (χ2n) is 21.0. The molecule has 7 aromatic rings. The van der Waals surface area contributed by atoms with Gasteiger partial charge < -0.3 is 47.4 Å². The van der Waals surface area contributed by atoms with Crippen molar-refractivity contribution in [2.75, 3.05) is 13.2 Å². The van der Waals surface area contributed by atoms with Crippen LogP contribution in [0.1, 0.15) is 54.0 Å². The lowest BCUT2D eigenvalue weighted by atomic mass is 9.82. The van der Waals surface area contributed by atoms with Crippen LogP contribution in [0.2, 0.25) is 0 Å². The standard InChI is InChI=1S/C70H69F5O11S/c1-3-22-55-56(36-35-54(80-43-50-27-14-6-15-28-50)58(83-55)46-77-41-48-23-10-4-11-24-48)84-63(87-53-33-20-9-21-34-53)40-61(82-45-52-31-18-8-19-32-52)70(2)60(79-38-37-62(76)85-69-67(74)65(72)64(71)66(73)68(69)75)39-57(81-44-51-29-16-7-17-30-51)59(86-70)47-78-42-49-25-12-5-13-26-49/h3-21,23-38,54-61,63H,1,22,39-47H2,2H3/b38-37-/t54-,55-,56+,57+,58+,59-,60-,61-,63?,70-/m1/s1. The molecule has 0 amide bonds. The Kier molecular flexibility index (Phi) is 24.1. The first-order valence-electron chi connectivity index (χ1n) is 28.7. The highest BCUT2D eigenvalue weighted by Gasteiger charge is 2.54. The fraction of sp³-hybridized carbons (Fsp3) is 0.300. The summed E-state index contributed by atoms with van der Waals surface area (Å²) in [4.78, 5) is 14.1. The molecule has 0 N–H and O–H groups in total. The zero-order valence-corrected chi connectivity index (χ0v) is 48.8. The van der Waals surface area contributed by atoms with E-state index < -0.39 is 101 Å². The molecule has 9 rings (SSSR count). The van der Waals surface area contributed by atoms with Crippen molar-refractivity contribution in [2.24, 2.45) is 0 Å². The van der Waals surface area contributed by atoms with Crippen LogP contribution in [0, 0.1) is 29.1 Å². The summed E-state index contributed by atoms with van der Waals surface area (Å²) >= 11 is 1.46. The highest BCUT2D eigenvalue weighted by Crippen LogP contribution is 2.42. The van der Waals surface area contributed by atoms with E-state index in [1.54, 1.807) is 6.08 Å². The van der Waals surface area contributed by atoms with Gasteiger partial charge in [0.25, 0.3) is 0 Å². The Morgan fingerprint density at radius 2 is 1.07 bits per heavy atom. The van der Waals surface area contributed by atoms with Gasteiger partial charge in [-0.15, -0.1) is 6.58 Å². The molecule has 11 nitrogen and oxygen atoms in total. The van der Waals surface area contributed by atoms with E-state index >= 15 is 0 Å². The lowest BCUT2D eigenvalue weighted by molar-refractivity contribution is -0.281. The molecule has 2 aliphatic rings. The van der Waals surface area contributed by atoms with Gasteiger partial charge in [0, 0.05) is 17.7 Å². The van der Waals surface area contributed by atoms with Crippen LogP contribution in [0.3, 0.4) is 0 Å². The number of benzene rings is 7. The molecule has 1 fully saturated rings. The number of halogens is 5. The zero-order valence-electron chi connectivity index (χ0n) is 48.0. The molecular weight excluding hydrogens is 1140 g/mol. The number of carbonyl (C=O) groups is 1. The summed E-state index contributed by atoms with van der Waals surface area (Å²) in [6.07, 6.45) is 1.96. The van der Waals surface area contributed by atoms with E-state index in [2.05, 4.69) is 6.58 Å². The minimum absolute atomic E-state index is 0.0437. The average molecular weight is 1210 g/mol. The molecule has 10 atom stereocenters. The maximum absolute atomic E-state index is 14.8. The highest BCUT2D eigenvalue weighted by molar-refractivity contribution is 7.99. The maximum Gasteiger partial charge on any atom is 0.339 e. The van der Waals surface area contributed by atoms with Gasteiger partial charge in [0.05, 0.1) is 76.9 Å². The molecule has 17 heteroatoms. The van der Waals surface area contributed by atoms with Gasteiger partial charge in [-0.3, -0.25) is 0 Å². The lowest BCUT2D eigenvalue weighted by Gasteiger charge is -2.50. The average Bonchev–Trinajstić information content (AvgIpc) is 2.45. The molecule has 0 bridgehead atoms.